The molecule has 0 spiro atoms. The van der Waals surface area contributed by atoms with Crippen LogP contribution in [0.2, 0.25) is 0 Å². The first-order chi connectivity index (χ1) is 15.8. The van der Waals surface area contributed by atoms with E-state index in [2.05, 4.69) is 16.0 Å². The molecule has 33 heavy (non-hydrogen) atoms. The van der Waals surface area contributed by atoms with Crippen LogP contribution >= 0.6 is 0 Å². The molecule has 0 aliphatic carbocycles. The Balaban J connectivity index is 1.57. The van der Waals surface area contributed by atoms with Gasteiger partial charge in [-0.25, -0.2) is 0 Å². The fourth-order valence-corrected chi connectivity index (χ4v) is 3.31. The zero-order valence-corrected chi connectivity index (χ0v) is 18.6. The van der Waals surface area contributed by atoms with Crippen LogP contribution in [0.4, 0.5) is 11.4 Å². The summed E-state index contributed by atoms with van der Waals surface area (Å²) in [5.74, 6) is -1.18. The van der Waals surface area contributed by atoms with Gasteiger partial charge in [-0.15, -0.1) is 0 Å². The van der Waals surface area contributed by atoms with Crippen LogP contribution in [-0.2, 0) is 19.1 Å². The first-order valence-corrected chi connectivity index (χ1v) is 10.7. The van der Waals surface area contributed by atoms with Crippen molar-refractivity contribution in [1.82, 2.24) is 10.2 Å². The van der Waals surface area contributed by atoms with Crippen LogP contribution in [0.25, 0.3) is 0 Å². The Labute approximate surface area is 191 Å². The fourth-order valence-electron chi connectivity index (χ4n) is 3.31. The van der Waals surface area contributed by atoms with Crippen molar-refractivity contribution in [3.05, 3.63) is 48.4 Å². The lowest BCUT2D eigenvalue weighted by Gasteiger charge is -2.33. The van der Waals surface area contributed by atoms with Crippen molar-refractivity contribution in [2.45, 2.75) is 26.3 Å². The highest BCUT2D eigenvalue weighted by atomic mass is 16.5. The second-order valence-corrected chi connectivity index (χ2v) is 8.12. The average molecular weight is 456 g/mol. The van der Waals surface area contributed by atoms with Crippen molar-refractivity contribution >= 4 is 35.1 Å². The summed E-state index contributed by atoms with van der Waals surface area (Å²) >= 11 is 0. The Morgan fingerprint density at radius 1 is 1.18 bits per heavy atom. The maximum absolute atomic E-state index is 12.7. The zero-order valence-electron chi connectivity index (χ0n) is 18.6. The molecule has 2 aromatic rings. The Morgan fingerprint density at radius 3 is 2.64 bits per heavy atom. The van der Waals surface area contributed by atoms with Gasteiger partial charge in [-0.05, 0) is 36.2 Å². The first kappa shape index (κ1) is 24.0. The Kier molecular flexibility index (Phi) is 8.20. The van der Waals surface area contributed by atoms with Crippen LogP contribution < -0.4 is 16.0 Å². The molecule has 1 unspecified atom stereocenters. The second kappa shape index (κ2) is 11.3. The molecule has 2 heterocycles. The van der Waals surface area contributed by atoms with Gasteiger partial charge in [0.05, 0.1) is 25.8 Å². The third-order valence-corrected chi connectivity index (χ3v) is 4.88. The second-order valence-electron chi connectivity index (χ2n) is 8.12. The Bertz CT molecular complexity index is 989. The zero-order chi connectivity index (χ0) is 23.8. The maximum Gasteiger partial charge on any atom is 0.307 e. The fraction of sp³-hybridized carbons (Fsp3) is 0.391. The lowest BCUT2D eigenvalue weighted by atomic mass is 10.1. The summed E-state index contributed by atoms with van der Waals surface area (Å²) in [5, 5.41) is 8.18. The molecule has 0 bridgehead atoms. The van der Waals surface area contributed by atoms with Crippen LogP contribution in [0.15, 0.2) is 47.1 Å². The molecular formula is C23H28N4O6. The van der Waals surface area contributed by atoms with E-state index in [9.17, 15) is 19.2 Å². The molecule has 3 amide bonds. The SMILES string of the molecule is CC(C)COC(=O)CC1C(=O)NCCN1CC(=O)Nc1cccc(NC(=O)c2ccco2)c1. The molecule has 1 fully saturated rings. The number of piperazine rings is 1. The van der Waals surface area contributed by atoms with Gasteiger partial charge in [-0.2, -0.15) is 0 Å². The molecule has 3 rings (SSSR count). The quantitative estimate of drug-likeness (QED) is 0.491. The van der Waals surface area contributed by atoms with Crippen molar-refractivity contribution < 1.29 is 28.3 Å². The number of amides is 3. The predicted molar refractivity (Wildman–Crippen MR) is 121 cm³/mol. The first-order valence-electron chi connectivity index (χ1n) is 10.7. The van der Waals surface area contributed by atoms with Crippen LogP contribution in [0.1, 0.15) is 30.8 Å². The monoisotopic (exact) mass is 456 g/mol. The number of nitrogens with zero attached hydrogens (tertiary/aromatic N) is 1. The van der Waals surface area contributed by atoms with E-state index < -0.39 is 17.9 Å². The molecule has 1 aliphatic rings. The van der Waals surface area contributed by atoms with Crippen molar-refractivity contribution in [3.8, 4) is 0 Å². The molecule has 10 nitrogen and oxygen atoms in total. The van der Waals surface area contributed by atoms with E-state index in [0.29, 0.717) is 24.5 Å². The number of hydrogen-bond donors (Lipinski definition) is 3. The van der Waals surface area contributed by atoms with E-state index >= 15 is 0 Å². The number of carbonyl (C=O) groups excluding carboxylic acids is 4. The molecule has 1 saturated heterocycles. The highest BCUT2D eigenvalue weighted by Crippen LogP contribution is 2.17. The molecule has 1 aromatic carbocycles. The Hall–Kier alpha value is -3.66. The van der Waals surface area contributed by atoms with Crippen LogP contribution in [-0.4, -0.2) is 60.9 Å². The summed E-state index contributed by atoms with van der Waals surface area (Å²) in [5.41, 5.74) is 0.962. The van der Waals surface area contributed by atoms with E-state index in [0.717, 1.165) is 0 Å². The number of ether oxygens (including phenoxy) is 1. The van der Waals surface area contributed by atoms with Gasteiger partial charge >= 0.3 is 5.97 Å². The topological polar surface area (TPSA) is 130 Å². The van der Waals surface area contributed by atoms with Gasteiger partial charge < -0.3 is 25.1 Å². The summed E-state index contributed by atoms with van der Waals surface area (Å²) in [6, 6.07) is 9.06. The normalized spacial score (nSPS) is 16.2. The van der Waals surface area contributed by atoms with Gasteiger partial charge in [0, 0.05) is 24.5 Å². The number of rotatable bonds is 9. The number of carbonyl (C=O) groups is 4. The molecule has 1 atom stereocenters. The Morgan fingerprint density at radius 2 is 1.94 bits per heavy atom. The summed E-state index contributed by atoms with van der Waals surface area (Å²) in [6.45, 7) is 4.88. The largest absolute Gasteiger partial charge is 0.465 e. The number of esters is 1. The molecule has 176 valence electrons. The number of anilines is 2. The van der Waals surface area contributed by atoms with E-state index in [1.807, 2.05) is 13.8 Å². The van der Waals surface area contributed by atoms with Gasteiger partial charge in [-0.1, -0.05) is 19.9 Å². The lowest BCUT2D eigenvalue weighted by Crippen LogP contribution is -2.57. The minimum Gasteiger partial charge on any atom is -0.465 e. The summed E-state index contributed by atoms with van der Waals surface area (Å²) in [4.78, 5) is 50.9. The number of hydrogen-bond acceptors (Lipinski definition) is 7. The number of furan rings is 1. The highest BCUT2D eigenvalue weighted by Gasteiger charge is 2.33. The molecule has 3 N–H and O–H groups in total. The van der Waals surface area contributed by atoms with E-state index in [1.54, 1.807) is 41.3 Å². The van der Waals surface area contributed by atoms with Crippen molar-refractivity contribution in [2.24, 2.45) is 5.92 Å². The van der Waals surface area contributed by atoms with E-state index in [1.165, 1.54) is 6.26 Å². The van der Waals surface area contributed by atoms with Gasteiger partial charge in [0.25, 0.3) is 5.91 Å². The van der Waals surface area contributed by atoms with Crippen molar-refractivity contribution in [2.75, 3.05) is 36.9 Å². The summed E-state index contributed by atoms with van der Waals surface area (Å²) < 4.78 is 10.3. The third-order valence-electron chi connectivity index (χ3n) is 4.88. The minimum atomic E-state index is -0.775. The van der Waals surface area contributed by atoms with Crippen LogP contribution in [0.3, 0.4) is 0 Å². The number of nitrogens with one attached hydrogen (secondary N) is 3. The smallest absolute Gasteiger partial charge is 0.307 e. The van der Waals surface area contributed by atoms with E-state index in [4.69, 9.17) is 9.15 Å². The van der Waals surface area contributed by atoms with Gasteiger partial charge in [0.15, 0.2) is 5.76 Å². The maximum atomic E-state index is 12.7. The van der Waals surface area contributed by atoms with Crippen LogP contribution in [0, 0.1) is 5.92 Å². The number of benzene rings is 1. The molecular weight excluding hydrogens is 428 g/mol. The van der Waals surface area contributed by atoms with Gasteiger partial charge in [0.1, 0.15) is 6.04 Å². The molecule has 1 aliphatic heterocycles. The average Bonchev–Trinajstić information content (AvgIpc) is 3.30. The van der Waals surface area contributed by atoms with Crippen LogP contribution in [0.5, 0.6) is 0 Å². The summed E-state index contributed by atoms with van der Waals surface area (Å²) in [6.07, 6.45) is 1.28. The molecule has 10 heteroatoms. The predicted octanol–water partition coefficient (Wildman–Crippen LogP) is 1.86. The third kappa shape index (κ3) is 7.18. The molecule has 1 aromatic heterocycles. The summed E-state index contributed by atoms with van der Waals surface area (Å²) in [7, 11) is 0. The lowest BCUT2D eigenvalue weighted by molar-refractivity contribution is -0.149. The van der Waals surface area contributed by atoms with E-state index in [-0.39, 0.29) is 43.1 Å². The standard InChI is InChI=1S/C23H28N4O6/c1-15(2)14-33-21(29)12-18-22(30)24-8-9-27(18)13-20(28)25-16-5-3-6-17(11-16)26-23(31)19-7-4-10-32-19/h3-7,10-11,15,18H,8-9,12-14H2,1-2H3,(H,24,30)(H,25,28)(H,26,31). The van der Waals surface area contributed by atoms with Gasteiger partial charge in [0.2, 0.25) is 11.8 Å². The highest BCUT2D eigenvalue weighted by molar-refractivity contribution is 6.02. The molecule has 0 saturated carbocycles. The molecule has 0 radical (unpaired) electrons. The van der Waals surface area contributed by atoms with Gasteiger partial charge in [-0.3, -0.25) is 24.1 Å². The minimum absolute atomic E-state index is 0.0709. The van der Waals surface area contributed by atoms with Crippen molar-refractivity contribution in [3.63, 3.8) is 0 Å². The van der Waals surface area contributed by atoms with Crippen molar-refractivity contribution in [1.29, 1.82) is 0 Å².